The molecule has 0 radical (unpaired) electrons. The van der Waals surface area contributed by atoms with Crippen molar-refractivity contribution in [3.8, 4) is 28.5 Å². The first kappa shape index (κ1) is 18.6. The Morgan fingerprint density at radius 3 is 2.50 bits per heavy atom. The molecule has 140 valence electrons. The molecule has 1 fully saturated rings. The molecule has 1 aliphatic heterocycles. The topological polar surface area (TPSA) is 61.6 Å². The Morgan fingerprint density at radius 2 is 1.82 bits per heavy atom. The third-order valence-corrected chi connectivity index (χ3v) is 5.47. The fourth-order valence-corrected chi connectivity index (χ4v) is 3.72. The van der Waals surface area contributed by atoms with Crippen molar-refractivity contribution in [3.63, 3.8) is 0 Å². The molecule has 0 saturated carbocycles. The number of aromatic nitrogens is 2. The Hall–Kier alpha value is -2.74. The highest BCUT2D eigenvalue weighted by molar-refractivity contribution is 6.30. The molecule has 1 aliphatic rings. The minimum atomic E-state index is 0.639. The first-order valence-corrected chi connectivity index (χ1v) is 9.94. The number of hydrogen-bond acceptors (Lipinski definition) is 4. The van der Waals surface area contributed by atoms with Gasteiger partial charge in [0.25, 0.3) is 0 Å². The van der Waals surface area contributed by atoms with Crippen LogP contribution >= 0.6 is 11.6 Å². The number of aryl methyl sites for hydroxylation is 1. The van der Waals surface area contributed by atoms with Crippen molar-refractivity contribution >= 4 is 11.6 Å². The molecule has 2 heterocycles. The molecule has 0 spiro atoms. The Labute approximate surface area is 170 Å². The maximum Gasteiger partial charge on any atom is 0.129 e. The summed E-state index contributed by atoms with van der Waals surface area (Å²) in [5.74, 6) is 1.57. The van der Waals surface area contributed by atoms with E-state index in [0.29, 0.717) is 16.5 Å². The van der Waals surface area contributed by atoms with Gasteiger partial charge < -0.3 is 5.32 Å². The molecule has 3 aromatic rings. The molecule has 1 aromatic heterocycles. The Balaban J connectivity index is 1.69. The molecule has 1 atom stereocenters. The van der Waals surface area contributed by atoms with Crippen LogP contribution in [0, 0.1) is 17.2 Å². The lowest BCUT2D eigenvalue weighted by molar-refractivity contribution is 0.525. The second-order valence-electron chi connectivity index (χ2n) is 7.14. The Kier molecular flexibility index (Phi) is 5.66. The van der Waals surface area contributed by atoms with Gasteiger partial charge in [-0.1, -0.05) is 35.9 Å². The molecule has 0 bridgehead atoms. The molecule has 28 heavy (non-hydrogen) atoms. The number of nitrogens with one attached hydrogen (secondary N) is 1. The van der Waals surface area contributed by atoms with Crippen LogP contribution in [0.2, 0.25) is 5.02 Å². The number of halogens is 1. The van der Waals surface area contributed by atoms with Gasteiger partial charge in [0.2, 0.25) is 0 Å². The van der Waals surface area contributed by atoms with Gasteiger partial charge in [-0.3, -0.25) is 0 Å². The summed E-state index contributed by atoms with van der Waals surface area (Å²) in [4.78, 5) is 9.55. The van der Waals surface area contributed by atoms with Crippen LogP contribution in [0.25, 0.3) is 22.4 Å². The molecule has 1 saturated heterocycles. The Morgan fingerprint density at radius 1 is 1.07 bits per heavy atom. The van der Waals surface area contributed by atoms with Crippen LogP contribution in [0.5, 0.6) is 0 Å². The van der Waals surface area contributed by atoms with Gasteiger partial charge in [-0.25, -0.2) is 9.97 Å². The fraction of sp³-hybridized carbons (Fsp3) is 0.261. The van der Waals surface area contributed by atoms with Crippen LogP contribution in [-0.4, -0.2) is 23.1 Å². The van der Waals surface area contributed by atoms with E-state index >= 15 is 0 Å². The van der Waals surface area contributed by atoms with Gasteiger partial charge in [0.1, 0.15) is 5.82 Å². The van der Waals surface area contributed by atoms with E-state index in [1.165, 1.54) is 6.42 Å². The van der Waals surface area contributed by atoms with Gasteiger partial charge >= 0.3 is 0 Å². The maximum atomic E-state index is 9.08. The lowest BCUT2D eigenvalue weighted by atomic mass is 9.99. The van der Waals surface area contributed by atoms with Gasteiger partial charge in [-0.2, -0.15) is 5.26 Å². The van der Waals surface area contributed by atoms with Gasteiger partial charge in [-0.15, -0.1) is 0 Å². The van der Waals surface area contributed by atoms with E-state index in [1.807, 2.05) is 54.7 Å². The molecule has 4 rings (SSSR count). The monoisotopic (exact) mass is 388 g/mol. The number of hydrogen-bond donors (Lipinski definition) is 1. The zero-order chi connectivity index (χ0) is 19.3. The van der Waals surface area contributed by atoms with Gasteiger partial charge in [0, 0.05) is 28.8 Å². The number of rotatable bonds is 5. The van der Waals surface area contributed by atoms with Crippen molar-refractivity contribution in [2.75, 3.05) is 13.1 Å². The summed E-state index contributed by atoms with van der Waals surface area (Å²) in [6.07, 6.45) is 5.11. The van der Waals surface area contributed by atoms with Crippen molar-refractivity contribution in [1.82, 2.24) is 15.3 Å². The second kappa shape index (κ2) is 8.52. The predicted octanol–water partition coefficient (Wildman–Crippen LogP) is 4.88. The molecule has 1 N–H and O–H groups in total. The second-order valence-corrected chi connectivity index (χ2v) is 7.58. The van der Waals surface area contributed by atoms with Crippen LogP contribution < -0.4 is 5.32 Å². The largest absolute Gasteiger partial charge is 0.316 e. The molecule has 0 amide bonds. The molecule has 0 aliphatic carbocycles. The average molecular weight is 389 g/mol. The van der Waals surface area contributed by atoms with Crippen molar-refractivity contribution in [2.24, 2.45) is 5.92 Å². The zero-order valence-electron chi connectivity index (χ0n) is 15.5. The molecular weight excluding hydrogens is 368 g/mol. The quantitative estimate of drug-likeness (QED) is 0.676. The fourth-order valence-electron chi connectivity index (χ4n) is 3.60. The van der Waals surface area contributed by atoms with Crippen LogP contribution in [-0.2, 0) is 6.42 Å². The van der Waals surface area contributed by atoms with Gasteiger partial charge in [0.15, 0.2) is 0 Å². The smallest absolute Gasteiger partial charge is 0.129 e. The SMILES string of the molecule is N#Cc1ccc(-c2nc(CC[C@H]3CCNC3)ncc2-c2ccc(Cl)cc2)cc1. The summed E-state index contributed by atoms with van der Waals surface area (Å²) in [6, 6.07) is 17.4. The number of nitrogens with zero attached hydrogens (tertiary/aromatic N) is 3. The molecule has 2 aromatic carbocycles. The minimum Gasteiger partial charge on any atom is -0.316 e. The van der Waals surface area contributed by atoms with Crippen LogP contribution in [0.3, 0.4) is 0 Å². The number of benzene rings is 2. The molecule has 4 nitrogen and oxygen atoms in total. The summed E-state index contributed by atoms with van der Waals surface area (Å²) < 4.78 is 0. The van der Waals surface area contributed by atoms with Crippen molar-refractivity contribution < 1.29 is 0 Å². The summed E-state index contributed by atoms with van der Waals surface area (Å²) in [7, 11) is 0. The standard InChI is InChI=1S/C23H21ClN4/c24-20-8-6-18(7-9-20)21-15-27-22(10-3-17-11-12-26-14-17)28-23(21)19-4-1-16(13-25)2-5-19/h1-2,4-9,15,17,26H,3,10-12,14H2/t17-/m0/s1. The van der Waals surface area contributed by atoms with E-state index in [0.717, 1.165) is 54.1 Å². The summed E-state index contributed by atoms with van der Waals surface area (Å²) in [5.41, 5.74) is 4.50. The van der Waals surface area contributed by atoms with Gasteiger partial charge in [-0.05, 0) is 61.7 Å². The van der Waals surface area contributed by atoms with E-state index in [2.05, 4.69) is 16.4 Å². The van der Waals surface area contributed by atoms with Crippen LogP contribution in [0.15, 0.2) is 54.7 Å². The molecule has 5 heteroatoms. The van der Waals surface area contributed by atoms with E-state index in [1.54, 1.807) is 0 Å². The van der Waals surface area contributed by atoms with Crippen molar-refractivity contribution in [2.45, 2.75) is 19.3 Å². The van der Waals surface area contributed by atoms with E-state index in [9.17, 15) is 0 Å². The summed E-state index contributed by atoms with van der Waals surface area (Å²) >= 11 is 6.05. The maximum absolute atomic E-state index is 9.08. The molecular formula is C23H21ClN4. The van der Waals surface area contributed by atoms with Gasteiger partial charge in [0.05, 0.1) is 17.3 Å². The minimum absolute atomic E-state index is 0.639. The normalized spacial score (nSPS) is 16.1. The van der Waals surface area contributed by atoms with Crippen molar-refractivity contribution in [1.29, 1.82) is 5.26 Å². The zero-order valence-corrected chi connectivity index (χ0v) is 16.3. The highest BCUT2D eigenvalue weighted by Crippen LogP contribution is 2.31. The summed E-state index contributed by atoms with van der Waals surface area (Å²) in [5, 5.41) is 13.2. The first-order chi connectivity index (χ1) is 13.7. The van der Waals surface area contributed by atoms with E-state index < -0.39 is 0 Å². The predicted molar refractivity (Wildman–Crippen MR) is 112 cm³/mol. The Bertz CT molecular complexity index is 985. The van der Waals surface area contributed by atoms with E-state index in [-0.39, 0.29) is 0 Å². The van der Waals surface area contributed by atoms with E-state index in [4.69, 9.17) is 21.8 Å². The lowest BCUT2D eigenvalue weighted by Crippen LogP contribution is -2.10. The summed E-state index contributed by atoms with van der Waals surface area (Å²) in [6.45, 7) is 2.20. The van der Waals surface area contributed by atoms with Crippen LogP contribution in [0.4, 0.5) is 0 Å². The first-order valence-electron chi connectivity index (χ1n) is 9.56. The molecule has 0 unspecified atom stereocenters. The number of nitriles is 1. The lowest BCUT2D eigenvalue weighted by Gasteiger charge is -2.12. The third-order valence-electron chi connectivity index (χ3n) is 5.22. The average Bonchev–Trinajstić information content (AvgIpc) is 3.27. The highest BCUT2D eigenvalue weighted by Gasteiger charge is 2.16. The van der Waals surface area contributed by atoms with Crippen molar-refractivity contribution in [3.05, 3.63) is 71.1 Å². The third kappa shape index (κ3) is 4.22. The van der Waals surface area contributed by atoms with Crippen LogP contribution in [0.1, 0.15) is 24.2 Å². The highest BCUT2D eigenvalue weighted by atomic mass is 35.5.